The maximum Gasteiger partial charge on any atom is 0.242 e. The van der Waals surface area contributed by atoms with Gasteiger partial charge in [-0.25, -0.2) is 0 Å². The van der Waals surface area contributed by atoms with E-state index in [2.05, 4.69) is 9.97 Å². The first-order chi connectivity index (χ1) is 15.8. The number of likely N-dealkylation sites (N-methyl/N-ethyl adjacent to an activating group) is 2. The van der Waals surface area contributed by atoms with Crippen LogP contribution in [-0.4, -0.2) is 58.8 Å². The Balaban J connectivity index is 1.69. The smallest absolute Gasteiger partial charge is 0.242 e. The molecule has 0 bridgehead atoms. The number of hydrogen-bond donors (Lipinski definition) is 0. The van der Waals surface area contributed by atoms with Crippen molar-refractivity contribution in [3.8, 4) is 0 Å². The summed E-state index contributed by atoms with van der Waals surface area (Å²) < 4.78 is 0. The van der Waals surface area contributed by atoms with Crippen LogP contribution in [0, 0.1) is 13.8 Å². The first-order valence-electron chi connectivity index (χ1n) is 10.9. The maximum atomic E-state index is 13.1. The number of carbonyl (C=O) groups excluding carboxylic acids is 2. The molecule has 7 nitrogen and oxygen atoms in total. The molecule has 0 aliphatic carbocycles. The number of anilines is 1. The van der Waals surface area contributed by atoms with Crippen LogP contribution in [-0.2, 0) is 22.7 Å². The van der Waals surface area contributed by atoms with Crippen LogP contribution >= 0.6 is 0 Å². The third kappa shape index (κ3) is 6.62. The highest BCUT2D eigenvalue weighted by molar-refractivity contribution is 5.86. The number of aryl methyl sites for hydroxylation is 2. The zero-order valence-electron chi connectivity index (χ0n) is 19.7. The molecule has 0 unspecified atom stereocenters. The van der Waals surface area contributed by atoms with Gasteiger partial charge in [0.1, 0.15) is 0 Å². The highest BCUT2D eigenvalue weighted by Crippen LogP contribution is 2.16. The van der Waals surface area contributed by atoms with E-state index in [1.165, 1.54) is 0 Å². The first-order valence-corrected chi connectivity index (χ1v) is 10.9. The number of hydrogen-bond acceptors (Lipinski definition) is 5. The van der Waals surface area contributed by atoms with Gasteiger partial charge in [0.25, 0.3) is 0 Å². The summed E-state index contributed by atoms with van der Waals surface area (Å²) in [6.45, 7) is 5.15. The van der Waals surface area contributed by atoms with E-state index in [1.807, 2.05) is 61.2 Å². The molecule has 0 saturated heterocycles. The molecular weight excluding hydrogens is 414 g/mol. The molecule has 33 heavy (non-hydrogen) atoms. The number of pyridine rings is 2. The summed E-state index contributed by atoms with van der Waals surface area (Å²) in [6, 6.07) is 13.4. The predicted molar refractivity (Wildman–Crippen MR) is 130 cm³/mol. The summed E-state index contributed by atoms with van der Waals surface area (Å²) in [5.74, 6) is -0.138. The first kappa shape index (κ1) is 23.9. The van der Waals surface area contributed by atoms with Crippen LogP contribution in [0.4, 0.5) is 5.69 Å². The molecule has 2 amide bonds. The number of para-hydroxylation sites is 1. The van der Waals surface area contributed by atoms with Gasteiger partial charge in [-0.1, -0.05) is 18.2 Å². The van der Waals surface area contributed by atoms with Gasteiger partial charge in [-0.3, -0.25) is 19.6 Å². The van der Waals surface area contributed by atoms with E-state index in [-0.39, 0.29) is 24.9 Å². The van der Waals surface area contributed by atoms with E-state index in [0.717, 1.165) is 27.9 Å². The molecule has 0 aliphatic heterocycles. The van der Waals surface area contributed by atoms with Crippen molar-refractivity contribution in [2.24, 2.45) is 0 Å². The SMILES string of the molecule is Cc1ccncc1CN(C)C(=O)CN(CC(=O)N(C)Cc1cnccc1C)c1ccccc1. The molecule has 2 aromatic heterocycles. The van der Waals surface area contributed by atoms with Gasteiger partial charge in [-0.15, -0.1) is 0 Å². The lowest BCUT2D eigenvalue weighted by atomic mass is 10.1. The van der Waals surface area contributed by atoms with E-state index < -0.39 is 0 Å². The minimum atomic E-state index is -0.0688. The minimum Gasteiger partial charge on any atom is -0.353 e. The third-order valence-corrected chi connectivity index (χ3v) is 5.74. The number of rotatable bonds is 9. The van der Waals surface area contributed by atoms with Gasteiger partial charge in [0.05, 0.1) is 13.1 Å². The van der Waals surface area contributed by atoms with Crippen molar-refractivity contribution in [3.63, 3.8) is 0 Å². The molecule has 0 spiro atoms. The molecular formula is C26H31N5O2. The second kappa shape index (κ2) is 11.2. The van der Waals surface area contributed by atoms with Crippen molar-refractivity contribution in [1.82, 2.24) is 19.8 Å². The Bertz CT molecular complexity index is 1020. The van der Waals surface area contributed by atoms with E-state index in [0.29, 0.717) is 13.1 Å². The molecule has 0 saturated carbocycles. The fourth-order valence-corrected chi connectivity index (χ4v) is 3.46. The van der Waals surface area contributed by atoms with Gasteiger partial charge < -0.3 is 14.7 Å². The van der Waals surface area contributed by atoms with E-state index >= 15 is 0 Å². The Morgan fingerprint density at radius 2 is 1.18 bits per heavy atom. The summed E-state index contributed by atoms with van der Waals surface area (Å²) in [4.78, 5) is 39.6. The molecule has 7 heteroatoms. The lowest BCUT2D eigenvalue weighted by Crippen LogP contribution is -2.43. The molecule has 2 heterocycles. The fraction of sp³-hybridized carbons (Fsp3) is 0.308. The lowest BCUT2D eigenvalue weighted by molar-refractivity contribution is -0.130. The van der Waals surface area contributed by atoms with Crippen LogP contribution in [0.15, 0.2) is 67.3 Å². The molecule has 3 aromatic rings. The highest BCUT2D eigenvalue weighted by atomic mass is 16.2. The Kier molecular flexibility index (Phi) is 8.13. The van der Waals surface area contributed by atoms with Gasteiger partial charge in [-0.05, 0) is 60.4 Å². The number of amides is 2. The van der Waals surface area contributed by atoms with Crippen LogP contribution in [0.25, 0.3) is 0 Å². The average molecular weight is 446 g/mol. The molecule has 0 N–H and O–H groups in total. The molecule has 1 aromatic carbocycles. The molecule has 0 aliphatic rings. The summed E-state index contributed by atoms with van der Waals surface area (Å²) in [5, 5.41) is 0. The zero-order chi connectivity index (χ0) is 23.8. The van der Waals surface area contributed by atoms with Crippen molar-refractivity contribution < 1.29 is 9.59 Å². The van der Waals surface area contributed by atoms with E-state index in [9.17, 15) is 9.59 Å². The van der Waals surface area contributed by atoms with Crippen molar-refractivity contribution in [3.05, 3.63) is 89.5 Å². The van der Waals surface area contributed by atoms with Gasteiger partial charge in [0, 0.05) is 57.7 Å². The maximum absolute atomic E-state index is 13.1. The van der Waals surface area contributed by atoms with Gasteiger partial charge in [0.2, 0.25) is 11.8 Å². The predicted octanol–water partition coefficient (Wildman–Crippen LogP) is 3.22. The largest absolute Gasteiger partial charge is 0.353 e. The Morgan fingerprint density at radius 3 is 1.61 bits per heavy atom. The molecule has 0 atom stereocenters. The Morgan fingerprint density at radius 1 is 0.727 bits per heavy atom. The molecule has 172 valence electrons. The monoisotopic (exact) mass is 445 g/mol. The topological polar surface area (TPSA) is 69.6 Å². The fourth-order valence-electron chi connectivity index (χ4n) is 3.46. The van der Waals surface area contributed by atoms with Crippen molar-refractivity contribution in [1.29, 1.82) is 0 Å². The van der Waals surface area contributed by atoms with Gasteiger partial charge in [-0.2, -0.15) is 0 Å². The zero-order valence-corrected chi connectivity index (χ0v) is 19.7. The van der Waals surface area contributed by atoms with Crippen LogP contribution in [0.3, 0.4) is 0 Å². The van der Waals surface area contributed by atoms with E-state index in [4.69, 9.17) is 0 Å². The molecule has 0 radical (unpaired) electrons. The van der Waals surface area contributed by atoms with E-state index in [1.54, 1.807) is 48.7 Å². The summed E-state index contributed by atoms with van der Waals surface area (Å²) in [6.07, 6.45) is 7.06. The van der Waals surface area contributed by atoms with Crippen molar-refractivity contribution in [2.45, 2.75) is 26.9 Å². The third-order valence-electron chi connectivity index (χ3n) is 5.74. The number of aromatic nitrogens is 2. The molecule has 3 rings (SSSR count). The average Bonchev–Trinajstić information content (AvgIpc) is 2.82. The molecule has 0 fully saturated rings. The second-order valence-electron chi connectivity index (χ2n) is 8.30. The quantitative estimate of drug-likeness (QED) is 0.506. The van der Waals surface area contributed by atoms with Crippen molar-refractivity contribution >= 4 is 17.5 Å². The standard InChI is InChI=1S/C26H31N5O2/c1-20-10-12-27-14-22(20)16-29(3)25(32)18-31(24-8-6-5-7-9-24)19-26(33)30(4)17-23-15-28-13-11-21(23)2/h5-15H,16-19H2,1-4H3. The number of benzene rings is 1. The normalized spacial score (nSPS) is 10.5. The Hall–Kier alpha value is -3.74. The number of nitrogens with zero attached hydrogens (tertiary/aromatic N) is 5. The van der Waals surface area contributed by atoms with Crippen LogP contribution < -0.4 is 4.90 Å². The summed E-state index contributed by atoms with van der Waals surface area (Å²) in [5.41, 5.74) is 5.01. The highest BCUT2D eigenvalue weighted by Gasteiger charge is 2.20. The van der Waals surface area contributed by atoms with Crippen LogP contribution in [0.1, 0.15) is 22.3 Å². The minimum absolute atomic E-state index is 0.0688. The Labute approximate surface area is 195 Å². The van der Waals surface area contributed by atoms with Crippen molar-refractivity contribution in [2.75, 3.05) is 32.1 Å². The number of carbonyl (C=O) groups is 2. The van der Waals surface area contributed by atoms with Gasteiger partial charge in [0.15, 0.2) is 0 Å². The van der Waals surface area contributed by atoms with Crippen LogP contribution in [0.2, 0.25) is 0 Å². The second-order valence-corrected chi connectivity index (χ2v) is 8.30. The van der Waals surface area contributed by atoms with Crippen LogP contribution in [0.5, 0.6) is 0 Å². The summed E-state index contributed by atoms with van der Waals surface area (Å²) in [7, 11) is 3.55. The summed E-state index contributed by atoms with van der Waals surface area (Å²) >= 11 is 0. The van der Waals surface area contributed by atoms with Gasteiger partial charge >= 0.3 is 0 Å². The lowest BCUT2D eigenvalue weighted by Gasteiger charge is -2.29.